The Balaban J connectivity index is 0. The van der Waals surface area contributed by atoms with Gasteiger partial charge in [-0.05, 0) is 13.8 Å². The minimum atomic E-state index is -0.833. The fourth-order valence-electron chi connectivity index (χ4n) is 1.22. The van der Waals surface area contributed by atoms with Crippen LogP contribution in [0.1, 0.15) is 27.7 Å². The summed E-state index contributed by atoms with van der Waals surface area (Å²) in [5, 5.41) is 32.4. The first-order chi connectivity index (χ1) is 8.55. The van der Waals surface area contributed by atoms with Crippen molar-refractivity contribution in [2.24, 2.45) is 0 Å². The summed E-state index contributed by atoms with van der Waals surface area (Å²) < 4.78 is 10.5. The lowest BCUT2D eigenvalue weighted by Crippen LogP contribution is -2.29. The second-order valence-electron chi connectivity index (χ2n) is 4.12. The third kappa shape index (κ3) is 13.0. The fourth-order valence-corrected chi connectivity index (χ4v) is 1.22. The molecule has 0 radical (unpaired) electrons. The van der Waals surface area contributed by atoms with Crippen molar-refractivity contribution in [1.82, 2.24) is 0 Å². The number of carboxylic acids is 2. The number of aliphatic hydroxyl groups excluding tert-OH is 2. The van der Waals surface area contributed by atoms with Crippen molar-refractivity contribution >= 4 is 11.9 Å². The summed E-state index contributed by atoms with van der Waals surface area (Å²) in [6, 6.07) is 0. The number of hydrogen-bond donors (Lipinski definition) is 4. The first-order valence-electron chi connectivity index (χ1n) is 5.52. The Morgan fingerprint density at radius 3 is 1.32 bits per heavy atom. The van der Waals surface area contributed by atoms with Crippen molar-refractivity contribution in [3.8, 4) is 0 Å². The molecule has 1 fully saturated rings. The summed E-state index contributed by atoms with van der Waals surface area (Å²) in [6.45, 7) is 5.44. The Morgan fingerprint density at radius 2 is 1.16 bits per heavy atom. The van der Waals surface area contributed by atoms with Gasteiger partial charge in [0.25, 0.3) is 11.9 Å². The van der Waals surface area contributed by atoms with Gasteiger partial charge in [-0.2, -0.15) is 0 Å². The van der Waals surface area contributed by atoms with Crippen molar-refractivity contribution < 1.29 is 39.5 Å². The highest BCUT2D eigenvalue weighted by atomic mass is 16.8. The summed E-state index contributed by atoms with van der Waals surface area (Å²) in [6.07, 6.45) is -0.787. The molecule has 2 atom stereocenters. The van der Waals surface area contributed by atoms with Crippen LogP contribution in [0.2, 0.25) is 0 Å². The third-order valence-corrected chi connectivity index (χ3v) is 1.64. The summed E-state index contributed by atoms with van der Waals surface area (Å²) in [7, 11) is 0. The highest BCUT2D eigenvalue weighted by Crippen LogP contribution is 2.27. The summed E-state index contributed by atoms with van der Waals surface area (Å²) >= 11 is 0. The monoisotopic (exact) mass is 282 g/mol. The van der Waals surface area contributed by atoms with Crippen LogP contribution in [0.15, 0.2) is 0 Å². The molecule has 8 nitrogen and oxygen atoms in total. The molecule has 1 aliphatic rings. The van der Waals surface area contributed by atoms with E-state index in [2.05, 4.69) is 0 Å². The van der Waals surface area contributed by atoms with Crippen molar-refractivity contribution in [3.05, 3.63) is 0 Å². The standard InChI is InChI=1S/C7H14O4.2C2H4O2/c1-7(2)10-5(3-8)6(4-9)11-7;2*1-2(3)4/h5-6,8-9H,3-4H2,1-2H3;2*1H3,(H,3,4). The number of rotatable bonds is 2. The minimum absolute atomic E-state index is 0.116. The smallest absolute Gasteiger partial charge is 0.300 e. The van der Waals surface area contributed by atoms with Crippen molar-refractivity contribution in [3.63, 3.8) is 0 Å². The number of ether oxygens (including phenoxy) is 2. The molecule has 4 N–H and O–H groups in total. The second kappa shape index (κ2) is 9.68. The van der Waals surface area contributed by atoms with E-state index in [-0.39, 0.29) is 13.2 Å². The highest BCUT2D eigenvalue weighted by Gasteiger charge is 2.40. The molecule has 0 saturated carbocycles. The molecule has 0 aliphatic carbocycles. The van der Waals surface area contributed by atoms with Gasteiger partial charge >= 0.3 is 0 Å². The van der Waals surface area contributed by atoms with Crippen LogP contribution in [0, 0.1) is 0 Å². The predicted molar refractivity (Wildman–Crippen MR) is 64.6 cm³/mol. The lowest BCUT2D eigenvalue weighted by Gasteiger charge is -2.16. The third-order valence-electron chi connectivity index (χ3n) is 1.64. The number of carboxylic acid groups (broad SMARTS) is 2. The van der Waals surface area contributed by atoms with E-state index in [0.717, 1.165) is 13.8 Å². The van der Waals surface area contributed by atoms with Gasteiger partial charge in [0.05, 0.1) is 13.2 Å². The number of carbonyl (C=O) groups is 2. The lowest BCUT2D eigenvalue weighted by molar-refractivity contribution is -0.151. The maximum Gasteiger partial charge on any atom is 0.300 e. The van der Waals surface area contributed by atoms with E-state index in [4.69, 9.17) is 39.5 Å². The van der Waals surface area contributed by atoms with E-state index in [1.54, 1.807) is 13.8 Å². The summed E-state index contributed by atoms with van der Waals surface area (Å²) in [4.78, 5) is 18.0. The molecular formula is C11H22O8. The summed E-state index contributed by atoms with van der Waals surface area (Å²) in [5.74, 6) is -2.35. The average Bonchev–Trinajstić information content (AvgIpc) is 2.51. The molecule has 0 aromatic carbocycles. The Labute approximate surface area is 111 Å². The maximum absolute atomic E-state index is 9.00. The van der Waals surface area contributed by atoms with Crippen molar-refractivity contribution in [2.45, 2.75) is 45.7 Å². The highest BCUT2D eigenvalue weighted by molar-refractivity contribution is 5.63. The first kappa shape index (κ1) is 20.1. The number of aliphatic hydroxyl groups is 2. The van der Waals surface area contributed by atoms with E-state index in [1.807, 2.05) is 0 Å². The Hall–Kier alpha value is -1.22. The molecule has 114 valence electrons. The van der Waals surface area contributed by atoms with Crippen LogP contribution in [0.25, 0.3) is 0 Å². The van der Waals surface area contributed by atoms with E-state index < -0.39 is 29.9 Å². The molecule has 0 spiro atoms. The normalized spacial score (nSPS) is 23.5. The van der Waals surface area contributed by atoms with Gasteiger partial charge in [0.15, 0.2) is 5.79 Å². The molecule has 1 rings (SSSR count). The first-order valence-corrected chi connectivity index (χ1v) is 5.52. The number of hydrogen-bond acceptors (Lipinski definition) is 6. The van der Waals surface area contributed by atoms with E-state index in [1.165, 1.54) is 0 Å². The quantitative estimate of drug-likeness (QED) is 0.541. The largest absolute Gasteiger partial charge is 0.481 e. The topological polar surface area (TPSA) is 134 Å². The van der Waals surface area contributed by atoms with Crippen molar-refractivity contribution in [1.29, 1.82) is 0 Å². The molecule has 0 aromatic rings. The predicted octanol–water partition coefficient (Wildman–Crippen LogP) is -0.327. The zero-order chi connectivity index (χ0) is 15.6. The van der Waals surface area contributed by atoms with Crippen LogP contribution in [0.4, 0.5) is 0 Å². The Kier molecular flexibility index (Phi) is 10.2. The Morgan fingerprint density at radius 1 is 0.947 bits per heavy atom. The summed E-state index contributed by atoms with van der Waals surface area (Å²) in [5.41, 5.74) is 0. The van der Waals surface area contributed by atoms with Gasteiger partial charge in [-0.25, -0.2) is 0 Å². The zero-order valence-electron chi connectivity index (χ0n) is 11.5. The molecule has 1 aliphatic heterocycles. The van der Waals surface area contributed by atoms with Gasteiger partial charge in [-0.15, -0.1) is 0 Å². The van der Waals surface area contributed by atoms with Gasteiger partial charge in [-0.3, -0.25) is 9.59 Å². The molecule has 19 heavy (non-hydrogen) atoms. The van der Waals surface area contributed by atoms with Crippen LogP contribution in [0.5, 0.6) is 0 Å². The average molecular weight is 282 g/mol. The molecule has 2 unspecified atom stereocenters. The van der Waals surface area contributed by atoms with Crippen LogP contribution in [0.3, 0.4) is 0 Å². The molecule has 1 saturated heterocycles. The van der Waals surface area contributed by atoms with Gasteiger partial charge in [0.1, 0.15) is 12.2 Å². The van der Waals surface area contributed by atoms with Gasteiger partial charge in [0, 0.05) is 13.8 Å². The van der Waals surface area contributed by atoms with Crippen LogP contribution < -0.4 is 0 Å². The van der Waals surface area contributed by atoms with E-state index in [0.29, 0.717) is 0 Å². The zero-order valence-corrected chi connectivity index (χ0v) is 11.5. The molecule has 0 bridgehead atoms. The van der Waals surface area contributed by atoms with Crippen molar-refractivity contribution in [2.75, 3.05) is 13.2 Å². The van der Waals surface area contributed by atoms with Crippen LogP contribution >= 0.6 is 0 Å². The van der Waals surface area contributed by atoms with E-state index >= 15 is 0 Å². The van der Waals surface area contributed by atoms with Crippen LogP contribution in [-0.4, -0.2) is 63.6 Å². The maximum atomic E-state index is 9.00. The molecule has 0 amide bonds. The fraction of sp³-hybridized carbons (Fsp3) is 0.818. The van der Waals surface area contributed by atoms with Gasteiger partial charge in [0.2, 0.25) is 0 Å². The number of aliphatic carboxylic acids is 2. The van der Waals surface area contributed by atoms with Crippen LogP contribution in [-0.2, 0) is 19.1 Å². The van der Waals surface area contributed by atoms with E-state index in [9.17, 15) is 0 Å². The molecule has 0 aromatic heterocycles. The minimum Gasteiger partial charge on any atom is -0.481 e. The second-order valence-corrected chi connectivity index (χ2v) is 4.12. The SMILES string of the molecule is CC(=O)O.CC(=O)O.CC1(C)OC(CO)C(CO)O1. The van der Waals surface area contributed by atoms with Gasteiger partial charge in [-0.1, -0.05) is 0 Å². The molecule has 1 heterocycles. The Bertz CT molecular complexity index is 242. The molecule has 8 heteroatoms. The van der Waals surface area contributed by atoms with Gasteiger partial charge < -0.3 is 29.9 Å². The molecular weight excluding hydrogens is 260 g/mol. The lowest BCUT2D eigenvalue weighted by atomic mass is 10.2.